The second-order valence-corrected chi connectivity index (χ2v) is 7.24. The Bertz CT molecular complexity index is 558. The van der Waals surface area contributed by atoms with Crippen LogP contribution >= 0.6 is 0 Å². The molecule has 0 amide bonds. The molecule has 0 atom stereocenters. The first-order chi connectivity index (χ1) is 10.9. The van der Waals surface area contributed by atoms with Gasteiger partial charge in [-0.2, -0.15) is 8.42 Å². The third-order valence-electron chi connectivity index (χ3n) is 3.78. The number of ether oxygens (including phenoxy) is 1. The summed E-state index contributed by atoms with van der Waals surface area (Å²) in [5.41, 5.74) is 5.61. The van der Waals surface area contributed by atoms with E-state index >= 15 is 0 Å². The molecule has 132 valence electrons. The van der Waals surface area contributed by atoms with Crippen LogP contribution in [0.4, 0.5) is 5.69 Å². The Morgan fingerprint density at radius 3 is 2.09 bits per heavy atom. The van der Waals surface area contributed by atoms with Gasteiger partial charge in [0.15, 0.2) is 0 Å². The number of hydrogen-bond acceptors (Lipinski definition) is 4. The molecule has 0 saturated carbocycles. The molecule has 3 N–H and O–H groups in total. The van der Waals surface area contributed by atoms with Crippen LogP contribution in [0.1, 0.15) is 64.7 Å². The van der Waals surface area contributed by atoms with Crippen LogP contribution in [0.3, 0.4) is 0 Å². The molecule has 0 unspecified atom stereocenters. The number of anilines is 1. The highest BCUT2D eigenvalue weighted by Crippen LogP contribution is 2.23. The Morgan fingerprint density at radius 1 is 1.00 bits per heavy atom. The lowest BCUT2D eigenvalue weighted by atomic mass is 10.1. The molecule has 0 spiro atoms. The Kier molecular flexibility index (Phi) is 9.02. The number of unbranched alkanes of at least 4 members (excludes halogenated alkanes) is 8. The van der Waals surface area contributed by atoms with E-state index in [4.69, 9.17) is 15.0 Å². The molecule has 1 aromatic rings. The van der Waals surface area contributed by atoms with Gasteiger partial charge in [0.25, 0.3) is 10.1 Å². The minimum atomic E-state index is -4.27. The lowest BCUT2D eigenvalue weighted by Gasteiger charge is -2.08. The fourth-order valence-electron chi connectivity index (χ4n) is 2.45. The topological polar surface area (TPSA) is 89.6 Å². The van der Waals surface area contributed by atoms with Crippen LogP contribution in [0.5, 0.6) is 5.75 Å². The van der Waals surface area contributed by atoms with Crippen molar-refractivity contribution < 1.29 is 17.7 Å². The van der Waals surface area contributed by atoms with Crippen molar-refractivity contribution in [2.75, 3.05) is 12.3 Å². The Hall–Kier alpha value is -1.27. The van der Waals surface area contributed by atoms with Gasteiger partial charge in [0.1, 0.15) is 10.6 Å². The van der Waals surface area contributed by atoms with E-state index in [1.165, 1.54) is 63.1 Å². The third kappa shape index (κ3) is 8.23. The van der Waals surface area contributed by atoms with Gasteiger partial charge in [-0.1, -0.05) is 58.3 Å². The third-order valence-corrected chi connectivity index (χ3v) is 4.70. The van der Waals surface area contributed by atoms with Crippen LogP contribution in [-0.4, -0.2) is 19.6 Å². The van der Waals surface area contributed by atoms with Gasteiger partial charge in [0.05, 0.1) is 12.3 Å². The normalized spacial score (nSPS) is 11.6. The molecule has 0 radical (unpaired) electrons. The molecule has 0 heterocycles. The van der Waals surface area contributed by atoms with Gasteiger partial charge < -0.3 is 10.5 Å². The first-order valence-corrected chi connectivity index (χ1v) is 9.89. The molecule has 0 aliphatic heterocycles. The quantitative estimate of drug-likeness (QED) is 0.333. The first kappa shape index (κ1) is 19.8. The summed E-state index contributed by atoms with van der Waals surface area (Å²) < 4.78 is 36.6. The number of rotatable bonds is 12. The average molecular weight is 343 g/mol. The van der Waals surface area contributed by atoms with Crippen molar-refractivity contribution in [3.8, 4) is 5.75 Å². The van der Waals surface area contributed by atoms with Crippen molar-refractivity contribution in [1.82, 2.24) is 0 Å². The summed E-state index contributed by atoms with van der Waals surface area (Å²) in [6.07, 6.45) is 11.2. The minimum absolute atomic E-state index is 0.00270. The van der Waals surface area contributed by atoms with E-state index in [-0.39, 0.29) is 10.6 Å². The Morgan fingerprint density at radius 2 is 1.57 bits per heavy atom. The highest BCUT2D eigenvalue weighted by molar-refractivity contribution is 7.86. The summed E-state index contributed by atoms with van der Waals surface area (Å²) in [5.74, 6) is 0.523. The van der Waals surface area contributed by atoms with Crippen molar-refractivity contribution in [2.24, 2.45) is 0 Å². The Labute approximate surface area is 140 Å². The molecular formula is C17H29NO4S. The maximum absolute atomic E-state index is 11.0. The van der Waals surface area contributed by atoms with E-state index in [1.54, 1.807) is 0 Å². The maximum Gasteiger partial charge on any atom is 0.296 e. The molecule has 0 aliphatic rings. The van der Waals surface area contributed by atoms with Gasteiger partial charge in [0.2, 0.25) is 0 Å². The van der Waals surface area contributed by atoms with E-state index in [0.717, 1.165) is 12.8 Å². The summed E-state index contributed by atoms with van der Waals surface area (Å²) in [4.78, 5) is -0.284. The van der Waals surface area contributed by atoms with Gasteiger partial charge in [-0.3, -0.25) is 4.55 Å². The smallest absolute Gasteiger partial charge is 0.296 e. The van der Waals surface area contributed by atoms with Crippen molar-refractivity contribution in [2.45, 2.75) is 69.6 Å². The van der Waals surface area contributed by atoms with Crippen LogP contribution in [0.2, 0.25) is 0 Å². The van der Waals surface area contributed by atoms with Gasteiger partial charge in [-0.05, 0) is 18.6 Å². The van der Waals surface area contributed by atoms with E-state index in [0.29, 0.717) is 12.4 Å². The second-order valence-electron chi connectivity index (χ2n) is 5.85. The van der Waals surface area contributed by atoms with E-state index in [1.807, 2.05) is 0 Å². The zero-order valence-corrected chi connectivity index (χ0v) is 14.8. The van der Waals surface area contributed by atoms with Crippen LogP contribution in [0, 0.1) is 0 Å². The summed E-state index contributed by atoms with van der Waals surface area (Å²) in [6.45, 7) is 2.81. The summed E-state index contributed by atoms with van der Waals surface area (Å²) in [5, 5.41) is 0. The number of hydrogen-bond donors (Lipinski definition) is 2. The first-order valence-electron chi connectivity index (χ1n) is 8.45. The maximum atomic E-state index is 11.0. The van der Waals surface area contributed by atoms with Gasteiger partial charge in [0, 0.05) is 6.07 Å². The molecule has 1 aromatic carbocycles. The minimum Gasteiger partial charge on any atom is -0.494 e. The SMILES string of the molecule is CCCCCCCCCCCOc1ccc(S(=O)(=O)O)c(N)c1. The second kappa shape index (κ2) is 10.5. The largest absolute Gasteiger partial charge is 0.494 e. The molecule has 0 fully saturated rings. The molecule has 0 aromatic heterocycles. The van der Waals surface area contributed by atoms with Crippen molar-refractivity contribution in [1.29, 1.82) is 0 Å². The zero-order valence-electron chi connectivity index (χ0n) is 14.0. The van der Waals surface area contributed by atoms with Crippen LogP contribution in [0.25, 0.3) is 0 Å². The average Bonchev–Trinajstić information content (AvgIpc) is 2.48. The lowest BCUT2D eigenvalue weighted by molar-refractivity contribution is 0.304. The predicted molar refractivity (Wildman–Crippen MR) is 93.4 cm³/mol. The molecular weight excluding hydrogens is 314 g/mol. The number of nitrogen functional groups attached to an aromatic ring is 1. The predicted octanol–water partition coefficient (Wildman–Crippen LogP) is 4.43. The van der Waals surface area contributed by atoms with Crippen LogP contribution < -0.4 is 10.5 Å². The lowest BCUT2D eigenvalue weighted by Crippen LogP contribution is -2.04. The van der Waals surface area contributed by atoms with Gasteiger partial charge >= 0.3 is 0 Å². The molecule has 6 heteroatoms. The molecule has 5 nitrogen and oxygen atoms in total. The highest BCUT2D eigenvalue weighted by atomic mass is 32.2. The monoisotopic (exact) mass is 343 g/mol. The summed E-state index contributed by atoms with van der Waals surface area (Å²) >= 11 is 0. The van der Waals surface area contributed by atoms with E-state index in [9.17, 15) is 8.42 Å². The van der Waals surface area contributed by atoms with Crippen molar-refractivity contribution >= 4 is 15.8 Å². The fraction of sp³-hybridized carbons (Fsp3) is 0.647. The standard InChI is InChI=1S/C17H29NO4S/c1-2-3-4-5-6-7-8-9-10-13-22-15-11-12-17(16(18)14-15)23(19,20)21/h11-12,14H,2-10,13,18H2,1H3,(H,19,20,21). The van der Waals surface area contributed by atoms with Gasteiger partial charge in [-0.15, -0.1) is 0 Å². The van der Waals surface area contributed by atoms with E-state index < -0.39 is 10.1 Å². The Balaban J connectivity index is 2.16. The molecule has 23 heavy (non-hydrogen) atoms. The summed E-state index contributed by atoms with van der Waals surface area (Å²) in [6, 6.07) is 4.19. The number of nitrogens with two attached hydrogens (primary N) is 1. The van der Waals surface area contributed by atoms with E-state index in [2.05, 4.69) is 6.92 Å². The summed E-state index contributed by atoms with van der Waals surface area (Å²) in [7, 11) is -4.27. The molecule has 1 rings (SSSR count). The number of benzene rings is 1. The molecule has 0 aliphatic carbocycles. The highest BCUT2D eigenvalue weighted by Gasteiger charge is 2.14. The zero-order chi connectivity index (χ0) is 17.1. The van der Waals surface area contributed by atoms with Crippen molar-refractivity contribution in [3.63, 3.8) is 0 Å². The molecule has 0 bridgehead atoms. The van der Waals surface area contributed by atoms with Crippen LogP contribution in [-0.2, 0) is 10.1 Å². The van der Waals surface area contributed by atoms with Crippen molar-refractivity contribution in [3.05, 3.63) is 18.2 Å². The van der Waals surface area contributed by atoms with Crippen LogP contribution in [0.15, 0.2) is 23.1 Å². The fourth-order valence-corrected chi connectivity index (χ4v) is 3.05. The molecule has 0 saturated heterocycles. The van der Waals surface area contributed by atoms with Gasteiger partial charge in [-0.25, -0.2) is 0 Å².